The number of nitrogens with zero attached hydrogens (tertiary/aromatic N) is 1. The Morgan fingerprint density at radius 3 is 2.68 bits per heavy atom. The van der Waals surface area contributed by atoms with Gasteiger partial charge in [0.15, 0.2) is 0 Å². The summed E-state index contributed by atoms with van der Waals surface area (Å²) >= 11 is 1.59. The highest BCUT2D eigenvalue weighted by molar-refractivity contribution is 7.85. The minimum absolute atomic E-state index is 0.139. The Bertz CT molecular complexity index is 444. The first-order valence-corrected chi connectivity index (χ1v) is 8.81. The summed E-state index contributed by atoms with van der Waals surface area (Å²) in [5, 5.41) is 5.27. The molecule has 1 aromatic heterocycles. The van der Waals surface area contributed by atoms with E-state index in [1.165, 1.54) is 0 Å². The van der Waals surface area contributed by atoms with Crippen molar-refractivity contribution in [2.24, 2.45) is 0 Å². The zero-order valence-corrected chi connectivity index (χ0v) is 13.6. The first-order chi connectivity index (χ1) is 8.95. The molecule has 0 aliphatic heterocycles. The number of nitrogens with one attached hydrogen (secondary N) is 1. The standard InChI is InChI=1S/C13H22N2O2S2/c1-5-6-14-12(16)10(4)19(17)8-11-7-18-13(15-11)9(2)3/h7,9-10H,5-6,8H2,1-4H3,(H,14,16)/t10-,19+/m0/s1. The van der Waals surface area contributed by atoms with E-state index >= 15 is 0 Å². The Morgan fingerprint density at radius 2 is 2.16 bits per heavy atom. The molecule has 0 aliphatic carbocycles. The zero-order valence-electron chi connectivity index (χ0n) is 11.9. The highest BCUT2D eigenvalue weighted by Crippen LogP contribution is 2.20. The molecule has 0 saturated heterocycles. The van der Waals surface area contributed by atoms with Gasteiger partial charge in [0.25, 0.3) is 0 Å². The van der Waals surface area contributed by atoms with Crippen LogP contribution in [0.3, 0.4) is 0 Å². The van der Waals surface area contributed by atoms with Crippen LogP contribution in [0.1, 0.15) is 50.7 Å². The van der Waals surface area contributed by atoms with Crippen molar-refractivity contribution in [3.63, 3.8) is 0 Å². The number of hydrogen-bond donors (Lipinski definition) is 1. The lowest BCUT2D eigenvalue weighted by Crippen LogP contribution is -2.36. The van der Waals surface area contributed by atoms with Crippen LogP contribution in [-0.2, 0) is 21.3 Å². The van der Waals surface area contributed by atoms with E-state index < -0.39 is 16.0 Å². The molecule has 0 aliphatic rings. The largest absolute Gasteiger partial charge is 0.355 e. The van der Waals surface area contributed by atoms with Crippen molar-refractivity contribution in [1.82, 2.24) is 10.3 Å². The minimum Gasteiger partial charge on any atom is -0.355 e. The quantitative estimate of drug-likeness (QED) is 0.841. The van der Waals surface area contributed by atoms with Crippen molar-refractivity contribution in [2.45, 2.75) is 51.0 Å². The van der Waals surface area contributed by atoms with Crippen LogP contribution in [0.15, 0.2) is 5.38 Å². The van der Waals surface area contributed by atoms with Gasteiger partial charge in [-0.1, -0.05) is 20.8 Å². The predicted octanol–water partition coefficient (Wildman–Crippen LogP) is 2.43. The second kappa shape index (κ2) is 7.75. The van der Waals surface area contributed by atoms with Gasteiger partial charge >= 0.3 is 0 Å². The number of carbonyl (C=O) groups excluding carboxylic acids is 1. The van der Waals surface area contributed by atoms with Crippen LogP contribution in [0, 0.1) is 0 Å². The second-order valence-electron chi connectivity index (χ2n) is 4.79. The third-order valence-corrected chi connectivity index (χ3v) is 5.44. The summed E-state index contributed by atoms with van der Waals surface area (Å²) in [6, 6.07) is 0. The molecule has 4 nitrogen and oxygen atoms in total. The highest BCUT2D eigenvalue weighted by Gasteiger charge is 2.20. The van der Waals surface area contributed by atoms with Gasteiger partial charge < -0.3 is 5.32 Å². The van der Waals surface area contributed by atoms with Crippen molar-refractivity contribution < 1.29 is 9.00 Å². The average molecular weight is 302 g/mol. The topological polar surface area (TPSA) is 59.1 Å². The molecule has 1 heterocycles. The summed E-state index contributed by atoms with van der Waals surface area (Å²) in [4.78, 5) is 16.2. The lowest BCUT2D eigenvalue weighted by atomic mass is 10.2. The summed E-state index contributed by atoms with van der Waals surface area (Å²) in [6.45, 7) is 8.50. The van der Waals surface area contributed by atoms with Gasteiger partial charge in [-0.3, -0.25) is 9.00 Å². The van der Waals surface area contributed by atoms with E-state index in [2.05, 4.69) is 24.1 Å². The smallest absolute Gasteiger partial charge is 0.235 e. The van der Waals surface area contributed by atoms with Gasteiger partial charge in [-0.15, -0.1) is 11.3 Å². The summed E-state index contributed by atoms with van der Waals surface area (Å²) in [5.41, 5.74) is 0.821. The second-order valence-corrected chi connectivity index (χ2v) is 7.44. The Hall–Kier alpha value is -0.750. The van der Waals surface area contributed by atoms with Crippen LogP contribution in [0.25, 0.3) is 0 Å². The maximum atomic E-state index is 12.1. The third kappa shape index (κ3) is 5.03. The number of thiazole rings is 1. The molecule has 108 valence electrons. The molecule has 0 unspecified atom stereocenters. The molecule has 0 saturated carbocycles. The molecule has 6 heteroatoms. The van der Waals surface area contributed by atoms with Gasteiger partial charge in [-0.05, 0) is 13.3 Å². The van der Waals surface area contributed by atoms with E-state index in [4.69, 9.17) is 0 Å². The van der Waals surface area contributed by atoms with Crippen molar-refractivity contribution in [1.29, 1.82) is 0 Å². The molecule has 0 spiro atoms. The van der Waals surface area contributed by atoms with E-state index in [9.17, 15) is 9.00 Å². The summed E-state index contributed by atoms with van der Waals surface area (Å²) < 4.78 is 12.1. The molecule has 0 radical (unpaired) electrons. The van der Waals surface area contributed by atoms with Gasteiger partial charge in [0, 0.05) is 28.6 Å². The molecule has 0 aromatic carbocycles. The number of rotatable bonds is 7. The molecule has 2 atom stereocenters. The van der Waals surface area contributed by atoms with Crippen LogP contribution in [0.4, 0.5) is 0 Å². The Labute approximate surface area is 121 Å². The summed E-state index contributed by atoms with van der Waals surface area (Å²) in [7, 11) is -1.22. The predicted molar refractivity (Wildman–Crippen MR) is 80.8 cm³/mol. The molecule has 1 amide bonds. The third-order valence-electron chi connectivity index (χ3n) is 2.67. The highest BCUT2D eigenvalue weighted by atomic mass is 32.2. The Morgan fingerprint density at radius 1 is 1.47 bits per heavy atom. The fourth-order valence-corrected chi connectivity index (χ4v) is 3.39. The van der Waals surface area contributed by atoms with Crippen molar-refractivity contribution in [2.75, 3.05) is 6.54 Å². The van der Waals surface area contributed by atoms with Gasteiger partial charge in [-0.2, -0.15) is 0 Å². The molecular formula is C13H22N2O2S2. The van der Waals surface area contributed by atoms with Gasteiger partial charge in [0.2, 0.25) is 5.91 Å². The maximum Gasteiger partial charge on any atom is 0.235 e. The van der Waals surface area contributed by atoms with E-state index in [0.717, 1.165) is 17.1 Å². The van der Waals surface area contributed by atoms with Gasteiger partial charge in [0.1, 0.15) is 5.25 Å². The molecule has 1 aromatic rings. The van der Waals surface area contributed by atoms with Crippen LogP contribution in [0.2, 0.25) is 0 Å². The SMILES string of the molecule is CCCNC(=O)[C@H](C)[S@](=O)Cc1csc(C(C)C)n1. The van der Waals surface area contributed by atoms with Crippen LogP contribution < -0.4 is 5.32 Å². The fourth-order valence-electron chi connectivity index (χ4n) is 1.44. The number of hydrogen-bond acceptors (Lipinski definition) is 4. The van der Waals surface area contributed by atoms with E-state index in [-0.39, 0.29) is 5.91 Å². The normalized spacial score (nSPS) is 14.4. The average Bonchev–Trinajstić information content (AvgIpc) is 2.83. The Balaban J connectivity index is 2.55. The molecular weight excluding hydrogens is 280 g/mol. The molecule has 19 heavy (non-hydrogen) atoms. The van der Waals surface area contributed by atoms with Crippen LogP contribution in [0.5, 0.6) is 0 Å². The molecule has 0 fully saturated rings. The van der Waals surface area contributed by atoms with Crippen LogP contribution >= 0.6 is 11.3 Å². The van der Waals surface area contributed by atoms with Gasteiger partial charge in [-0.25, -0.2) is 4.98 Å². The number of aromatic nitrogens is 1. The van der Waals surface area contributed by atoms with Gasteiger partial charge in [0.05, 0.1) is 16.5 Å². The number of carbonyl (C=O) groups is 1. The van der Waals surface area contributed by atoms with Crippen molar-refractivity contribution in [3.8, 4) is 0 Å². The van der Waals surface area contributed by atoms with Crippen molar-refractivity contribution >= 4 is 28.0 Å². The van der Waals surface area contributed by atoms with Crippen LogP contribution in [-0.4, -0.2) is 26.9 Å². The monoisotopic (exact) mass is 302 g/mol. The molecule has 1 rings (SSSR count). The summed E-state index contributed by atoms with van der Waals surface area (Å²) in [6.07, 6.45) is 0.884. The first kappa shape index (κ1) is 16.3. The minimum atomic E-state index is -1.22. The zero-order chi connectivity index (χ0) is 14.4. The van der Waals surface area contributed by atoms with E-state index in [0.29, 0.717) is 18.2 Å². The maximum absolute atomic E-state index is 12.1. The lowest BCUT2D eigenvalue weighted by Gasteiger charge is -2.10. The first-order valence-electron chi connectivity index (χ1n) is 6.54. The van der Waals surface area contributed by atoms with Crippen molar-refractivity contribution in [3.05, 3.63) is 16.1 Å². The lowest BCUT2D eigenvalue weighted by molar-refractivity contribution is -0.120. The molecule has 1 N–H and O–H groups in total. The van der Waals surface area contributed by atoms with E-state index in [1.54, 1.807) is 18.3 Å². The number of amides is 1. The Kier molecular flexibility index (Phi) is 6.65. The summed E-state index contributed by atoms with van der Waals surface area (Å²) in [5.74, 6) is 0.598. The molecule has 0 bridgehead atoms. The fraction of sp³-hybridized carbons (Fsp3) is 0.692. The van der Waals surface area contributed by atoms with E-state index in [1.807, 2.05) is 12.3 Å².